The molecule has 4 aromatic rings. The van der Waals surface area contributed by atoms with Gasteiger partial charge in [-0.2, -0.15) is 0 Å². The van der Waals surface area contributed by atoms with E-state index in [-0.39, 0.29) is 17.9 Å². The van der Waals surface area contributed by atoms with Gasteiger partial charge in [-0.15, -0.1) is 0 Å². The maximum atomic E-state index is 12.7. The van der Waals surface area contributed by atoms with Crippen LogP contribution in [0.3, 0.4) is 0 Å². The number of carbonyl (C=O) groups is 2. The maximum absolute atomic E-state index is 12.7. The van der Waals surface area contributed by atoms with Gasteiger partial charge in [-0.1, -0.05) is 48.5 Å². The first-order chi connectivity index (χ1) is 14.6. The van der Waals surface area contributed by atoms with Gasteiger partial charge in [0, 0.05) is 22.7 Å². The number of pyridine rings is 1. The van der Waals surface area contributed by atoms with Crippen molar-refractivity contribution in [1.82, 2.24) is 10.3 Å². The molecule has 4 rings (SSSR count). The largest absolute Gasteiger partial charge is 0.346 e. The van der Waals surface area contributed by atoms with Gasteiger partial charge in [0.2, 0.25) is 0 Å². The summed E-state index contributed by atoms with van der Waals surface area (Å²) in [6.45, 7) is 1.94. The Labute approximate surface area is 174 Å². The molecule has 148 valence electrons. The summed E-state index contributed by atoms with van der Waals surface area (Å²) in [6, 6.07) is 25.7. The van der Waals surface area contributed by atoms with E-state index in [1.165, 1.54) is 0 Å². The summed E-state index contributed by atoms with van der Waals surface area (Å²) in [4.78, 5) is 29.5. The van der Waals surface area contributed by atoms with E-state index < -0.39 is 0 Å². The van der Waals surface area contributed by atoms with Crippen molar-refractivity contribution in [2.24, 2.45) is 0 Å². The molecule has 2 amide bonds. The van der Waals surface area contributed by atoms with Crippen LogP contribution in [0, 0.1) is 0 Å². The Hall–Kier alpha value is -3.99. The fraction of sp³-hybridized carbons (Fsp3) is 0.0800. The second-order valence-electron chi connectivity index (χ2n) is 7.02. The van der Waals surface area contributed by atoms with Crippen LogP contribution in [0.5, 0.6) is 0 Å². The van der Waals surface area contributed by atoms with Gasteiger partial charge in [-0.25, -0.2) is 0 Å². The number of fused-ring (bicyclic) bond motifs is 1. The van der Waals surface area contributed by atoms with Crippen LogP contribution in [0.1, 0.15) is 39.2 Å². The van der Waals surface area contributed by atoms with Crippen molar-refractivity contribution in [2.75, 3.05) is 5.32 Å². The van der Waals surface area contributed by atoms with E-state index in [9.17, 15) is 9.59 Å². The first-order valence-electron chi connectivity index (χ1n) is 9.73. The van der Waals surface area contributed by atoms with Crippen molar-refractivity contribution in [2.45, 2.75) is 13.0 Å². The molecule has 0 bridgehead atoms. The number of anilines is 1. The molecule has 0 spiro atoms. The van der Waals surface area contributed by atoms with Gasteiger partial charge < -0.3 is 10.6 Å². The molecule has 5 nitrogen and oxygen atoms in total. The molecule has 1 heterocycles. The number of carbonyl (C=O) groups excluding carboxylic acids is 2. The Morgan fingerprint density at radius 3 is 2.17 bits per heavy atom. The predicted molar refractivity (Wildman–Crippen MR) is 118 cm³/mol. The van der Waals surface area contributed by atoms with E-state index in [1.54, 1.807) is 30.5 Å². The normalized spacial score (nSPS) is 11.6. The monoisotopic (exact) mass is 395 g/mol. The topological polar surface area (TPSA) is 71.1 Å². The summed E-state index contributed by atoms with van der Waals surface area (Å²) in [5.74, 6) is -0.436. The van der Waals surface area contributed by atoms with Crippen LogP contribution in [-0.2, 0) is 0 Å². The lowest BCUT2D eigenvalue weighted by Crippen LogP contribution is -2.26. The average Bonchev–Trinajstić information content (AvgIpc) is 2.80. The van der Waals surface area contributed by atoms with E-state index in [0.29, 0.717) is 16.8 Å². The lowest BCUT2D eigenvalue weighted by molar-refractivity contribution is 0.0938. The number of benzene rings is 3. The Morgan fingerprint density at radius 1 is 0.767 bits per heavy atom. The molecular weight excluding hydrogens is 374 g/mol. The number of rotatable bonds is 5. The van der Waals surface area contributed by atoms with Crippen molar-refractivity contribution >= 4 is 28.4 Å². The molecule has 0 saturated heterocycles. The van der Waals surface area contributed by atoms with Crippen LogP contribution in [0.2, 0.25) is 0 Å². The number of amides is 2. The molecule has 30 heavy (non-hydrogen) atoms. The zero-order chi connectivity index (χ0) is 20.9. The van der Waals surface area contributed by atoms with Gasteiger partial charge in [-0.05, 0) is 48.9 Å². The number of nitrogens with one attached hydrogen (secondary N) is 2. The molecule has 0 radical (unpaired) electrons. The molecule has 1 unspecified atom stereocenters. The summed E-state index contributed by atoms with van der Waals surface area (Å²) in [6.07, 6.45) is 1.70. The lowest BCUT2D eigenvalue weighted by atomic mass is 10.1. The highest BCUT2D eigenvalue weighted by molar-refractivity contribution is 6.08. The number of nitrogens with zero attached hydrogens (tertiary/aromatic N) is 1. The fourth-order valence-corrected chi connectivity index (χ4v) is 3.28. The number of hydrogen-bond donors (Lipinski definition) is 2. The van der Waals surface area contributed by atoms with Gasteiger partial charge in [0.15, 0.2) is 0 Å². The third-order valence-corrected chi connectivity index (χ3v) is 4.94. The zero-order valence-electron chi connectivity index (χ0n) is 16.5. The van der Waals surface area contributed by atoms with Gasteiger partial charge in [0.1, 0.15) is 0 Å². The van der Waals surface area contributed by atoms with E-state index in [2.05, 4.69) is 15.6 Å². The van der Waals surface area contributed by atoms with Gasteiger partial charge in [-0.3, -0.25) is 14.6 Å². The van der Waals surface area contributed by atoms with Crippen molar-refractivity contribution in [3.63, 3.8) is 0 Å². The van der Waals surface area contributed by atoms with Crippen molar-refractivity contribution in [1.29, 1.82) is 0 Å². The highest BCUT2D eigenvalue weighted by atomic mass is 16.2. The standard InChI is InChI=1S/C25H21N3O2/c1-17(18-7-3-2-4-8-18)27-24(29)20-12-14-21(15-13-20)25(30)28-22-11-5-9-19-10-6-16-26-23(19)22/h2-17H,1H3,(H,27,29)(H,28,30). The van der Waals surface area contributed by atoms with E-state index >= 15 is 0 Å². The molecular formula is C25H21N3O2. The molecule has 3 aromatic carbocycles. The van der Waals surface area contributed by atoms with Crippen LogP contribution in [-0.4, -0.2) is 16.8 Å². The van der Waals surface area contributed by atoms with Crippen LogP contribution in [0.15, 0.2) is 91.1 Å². The molecule has 0 fully saturated rings. The highest BCUT2D eigenvalue weighted by Gasteiger charge is 2.13. The molecule has 0 aliphatic heterocycles. The van der Waals surface area contributed by atoms with Crippen LogP contribution >= 0.6 is 0 Å². The Kier molecular flexibility index (Phi) is 5.52. The smallest absolute Gasteiger partial charge is 0.255 e. The third-order valence-electron chi connectivity index (χ3n) is 4.94. The van der Waals surface area contributed by atoms with E-state index in [1.807, 2.05) is 67.6 Å². The maximum Gasteiger partial charge on any atom is 0.255 e. The van der Waals surface area contributed by atoms with Crippen LogP contribution in [0.4, 0.5) is 5.69 Å². The summed E-state index contributed by atoms with van der Waals surface area (Å²) in [5, 5.41) is 6.83. The van der Waals surface area contributed by atoms with Crippen molar-refractivity contribution in [3.05, 3.63) is 108 Å². The summed E-state index contributed by atoms with van der Waals surface area (Å²) >= 11 is 0. The summed E-state index contributed by atoms with van der Waals surface area (Å²) in [5.41, 5.74) is 3.39. The van der Waals surface area contributed by atoms with Crippen LogP contribution < -0.4 is 10.6 Å². The molecule has 5 heteroatoms. The molecule has 0 saturated carbocycles. The SMILES string of the molecule is CC(NC(=O)c1ccc(C(=O)Nc2cccc3cccnc23)cc1)c1ccccc1. The highest BCUT2D eigenvalue weighted by Crippen LogP contribution is 2.21. The molecule has 1 aromatic heterocycles. The second kappa shape index (κ2) is 8.57. The van der Waals surface area contributed by atoms with Crippen molar-refractivity contribution < 1.29 is 9.59 Å². The minimum absolute atomic E-state index is 0.111. The second-order valence-corrected chi connectivity index (χ2v) is 7.02. The number of aromatic nitrogens is 1. The molecule has 2 N–H and O–H groups in total. The van der Waals surface area contributed by atoms with Crippen molar-refractivity contribution in [3.8, 4) is 0 Å². The predicted octanol–water partition coefficient (Wildman–Crippen LogP) is 4.98. The Balaban J connectivity index is 1.45. The molecule has 1 atom stereocenters. The summed E-state index contributed by atoms with van der Waals surface area (Å²) < 4.78 is 0. The zero-order valence-corrected chi connectivity index (χ0v) is 16.5. The quantitative estimate of drug-likeness (QED) is 0.501. The fourth-order valence-electron chi connectivity index (χ4n) is 3.28. The molecule has 0 aliphatic rings. The minimum Gasteiger partial charge on any atom is -0.346 e. The minimum atomic E-state index is -0.252. The van der Waals surface area contributed by atoms with E-state index in [0.717, 1.165) is 16.5 Å². The molecule has 0 aliphatic carbocycles. The number of para-hydroxylation sites is 1. The van der Waals surface area contributed by atoms with Crippen LogP contribution in [0.25, 0.3) is 10.9 Å². The third kappa shape index (κ3) is 4.20. The summed E-state index contributed by atoms with van der Waals surface area (Å²) in [7, 11) is 0. The Morgan fingerprint density at radius 2 is 1.43 bits per heavy atom. The Bertz CT molecular complexity index is 1180. The number of hydrogen-bond acceptors (Lipinski definition) is 3. The van der Waals surface area contributed by atoms with Gasteiger partial charge in [0.25, 0.3) is 11.8 Å². The first kappa shape index (κ1) is 19.3. The first-order valence-corrected chi connectivity index (χ1v) is 9.73. The lowest BCUT2D eigenvalue weighted by Gasteiger charge is -2.14. The van der Waals surface area contributed by atoms with Gasteiger partial charge >= 0.3 is 0 Å². The van der Waals surface area contributed by atoms with E-state index in [4.69, 9.17) is 0 Å². The van der Waals surface area contributed by atoms with Gasteiger partial charge in [0.05, 0.1) is 17.2 Å². The average molecular weight is 395 g/mol.